The number of rotatable bonds is 7. The highest BCUT2D eigenvalue weighted by atomic mass is 19.1. The van der Waals surface area contributed by atoms with Gasteiger partial charge in [-0.05, 0) is 38.5 Å². The van der Waals surface area contributed by atoms with Gasteiger partial charge >= 0.3 is 0 Å². The van der Waals surface area contributed by atoms with Crippen molar-refractivity contribution in [2.24, 2.45) is 5.73 Å². The van der Waals surface area contributed by atoms with Crippen LogP contribution in [0.2, 0.25) is 0 Å². The quantitative estimate of drug-likeness (QED) is 0.646. The van der Waals surface area contributed by atoms with Gasteiger partial charge in [-0.3, -0.25) is 9.69 Å². The first-order valence-electron chi connectivity index (χ1n) is 11.0. The Balaban J connectivity index is 1.78. The highest BCUT2D eigenvalue weighted by molar-refractivity contribution is 5.98. The summed E-state index contributed by atoms with van der Waals surface area (Å²) in [7, 11) is 1.51. The minimum Gasteiger partial charge on any atom is -0.496 e. The Hall–Kier alpha value is -3.64. The van der Waals surface area contributed by atoms with Crippen LogP contribution in [-0.2, 0) is 4.79 Å². The van der Waals surface area contributed by atoms with Gasteiger partial charge in [-0.25, -0.2) is 9.37 Å². The molecule has 2 aliphatic rings. The number of aryl methyl sites for hydroxylation is 1. The molecule has 1 aromatic heterocycles. The minimum absolute atomic E-state index is 0.310. The number of nitrogens with two attached hydrogens (primary N) is 1. The lowest BCUT2D eigenvalue weighted by atomic mass is 9.79. The average Bonchev–Trinajstić information content (AvgIpc) is 2.78. The van der Waals surface area contributed by atoms with E-state index in [0.717, 1.165) is 11.3 Å². The van der Waals surface area contributed by atoms with Crippen LogP contribution < -0.4 is 20.5 Å². The van der Waals surface area contributed by atoms with Crippen molar-refractivity contribution < 1.29 is 18.7 Å². The van der Waals surface area contributed by atoms with E-state index in [9.17, 15) is 14.4 Å². The van der Waals surface area contributed by atoms with Gasteiger partial charge in [0.15, 0.2) is 0 Å². The number of nitrogens with one attached hydrogen (secondary N) is 1. The number of anilines is 1. The number of likely N-dealkylation sites (tertiary alicyclic amines) is 1. The Kier molecular flexibility index (Phi) is 6.19. The van der Waals surface area contributed by atoms with E-state index in [0.29, 0.717) is 65.8 Å². The Labute approximate surface area is 198 Å². The van der Waals surface area contributed by atoms with E-state index < -0.39 is 17.5 Å². The van der Waals surface area contributed by atoms with E-state index in [1.54, 1.807) is 38.2 Å². The van der Waals surface area contributed by atoms with Gasteiger partial charge in [0, 0.05) is 42.7 Å². The van der Waals surface area contributed by atoms with Crippen LogP contribution in [0.1, 0.15) is 42.0 Å². The smallest absolute Gasteiger partial charge is 0.247 e. The fraction of sp³-hybridized carbons (Fsp3) is 0.400. The molecule has 0 saturated carbocycles. The van der Waals surface area contributed by atoms with Crippen LogP contribution in [0.5, 0.6) is 11.6 Å². The number of ether oxygens (including phenoxy) is 2. The number of alkyl halides is 1. The topological polar surface area (TPSA) is 113 Å². The second-order valence-electron chi connectivity index (χ2n) is 9.04. The monoisotopic (exact) mass is 465 g/mol. The molecule has 0 bridgehead atoms. The fourth-order valence-electron chi connectivity index (χ4n) is 4.75. The number of allylic oxidation sites excluding steroid dienone is 1. The number of carbonyl (C=O) groups excluding carboxylic acids is 1. The molecule has 0 spiro atoms. The van der Waals surface area contributed by atoms with E-state index in [1.807, 2.05) is 11.8 Å². The van der Waals surface area contributed by atoms with Crippen LogP contribution in [0.4, 0.5) is 10.1 Å². The van der Waals surface area contributed by atoms with Crippen LogP contribution in [0, 0.1) is 18.3 Å². The lowest BCUT2D eigenvalue weighted by Gasteiger charge is -2.42. The normalized spacial score (nSPS) is 18.9. The zero-order chi connectivity index (χ0) is 24.6. The summed E-state index contributed by atoms with van der Waals surface area (Å²) in [5.74, 6) is -0.377. The molecule has 2 aliphatic heterocycles. The number of benzene rings is 1. The molecule has 0 radical (unpaired) electrons. The maximum Gasteiger partial charge on any atom is 0.247 e. The van der Waals surface area contributed by atoms with Crippen molar-refractivity contribution in [2.75, 3.05) is 38.7 Å². The number of nitriles is 1. The molecule has 34 heavy (non-hydrogen) atoms. The number of hydrogen-bond acceptors (Lipinski definition) is 7. The summed E-state index contributed by atoms with van der Waals surface area (Å²) in [6.07, 6.45) is 1.71. The largest absolute Gasteiger partial charge is 0.496 e. The molecule has 1 saturated heterocycles. The van der Waals surface area contributed by atoms with Gasteiger partial charge in [0.05, 0.1) is 35.9 Å². The van der Waals surface area contributed by atoms with Crippen LogP contribution in [-0.4, -0.2) is 54.8 Å². The Bertz CT molecular complexity index is 1210. The number of nitrogens with zero attached hydrogens (tertiary/aromatic N) is 3. The zero-order valence-electron chi connectivity index (χ0n) is 19.7. The van der Waals surface area contributed by atoms with Gasteiger partial charge < -0.3 is 20.5 Å². The summed E-state index contributed by atoms with van der Waals surface area (Å²) in [4.78, 5) is 19.1. The minimum atomic E-state index is -1.15. The summed E-state index contributed by atoms with van der Waals surface area (Å²) < 4.78 is 25.5. The molecule has 178 valence electrons. The third-order valence-electron chi connectivity index (χ3n) is 6.26. The zero-order valence-corrected chi connectivity index (χ0v) is 19.7. The standard InChI is InChI=1S/C25H28FN5O3/c1-14-11-29-24(34-8-7-31-12-25(3,26)13-31)21-20(19(23(28)32)15(2)30-22(14)21)17-6-5-16(10-27)9-18(17)33-4/h5-6,9,11,20,30H,7-8,12-13H2,1-4H3,(H2,28,32)/t20-/m0/s1. The van der Waals surface area contributed by atoms with Crippen molar-refractivity contribution in [1.82, 2.24) is 9.88 Å². The van der Waals surface area contributed by atoms with Gasteiger partial charge in [0.2, 0.25) is 11.8 Å². The van der Waals surface area contributed by atoms with Gasteiger partial charge in [-0.2, -0.15) is 5.26 Å². The molecule has 3 N–H and O–H groups in total. The molecule has 4 rings (SSSR count). The number of amides is 1. The van der Waals surface area contributed by atoms with E-state index in [-0.39, 0.29) is 0 Å². The van der Waals surface area contributed by atoms with Crippen molar-refractivity contribution in [3.8, 4) is 17.7 Å². The predicted molar refractivity (Wildman–Crippen MR) is 125 cm³/mol. The number of halogens is 1. The summed E-state index contributed by atoms with van der Waals surface area (Å²) >= 11 is 0. The Morgan fingerprint density at radius 3 is 2.76 bits per heavy atom. The molecular weight excluding hydrogens is 437 g/mol. The van der Waals surface area contributed by atoms with Crippen molar-refractivity contribution >= 4 is 11.6 Å². The Morgan fingerprint density at radius 2 is 2.15 bits per heavy atom. The van der Waals surface area contributed by atoms with Gasteiger partial charge in [0.1, 0.15) is 18.0 Å². The maximum absolute atomic E-state index is 13.8. The third-order valence-corrected chi connectivity index (χ3v) is 6.26. The molecule has 0 unspecified atom stereocenters. The highest BCUT2D eigenvalue weighted by Gasteiger charge is 2.39. The molecule has 1 atom stereocenters. The molecular formula is C25H28FN5O3. The first-order valence-corrected chi connectivity index (χ1v) is 11.0. The van der Waals surface area contributed by atoms with Gasteiger partial charge in [-0.1, -0.05) is 6.07 Å². The van der Waals surface area contributed by atoms with Crippen molar-refractivity contribution in [2.45, 2.75) is 32.4 Å². The lowest BCUT2D eigenvalue weighted by Crippen LogP contribution is -2.57. The Morgan fingerprint density at radius 1 is 1.41 bits per heavy atom. The molecule has 1 aromatic carbocycles. The first-order chi connectivity index (χ1) is 16.1. The predicted octanol–water partition coefficient (Wildman–Crippen LogP) is 3.01. The van der Waals surface area contributed by atoms with Crippen molar-refractivity contribution in [1.29, 1.82) is 5.26 Å². The summed E-state index contributed by atoms with van der Waals surface area (Å²) in [5.41, 5.74) is 9.10. The van der Waals surface area contributed by atoms with Crippen molar-refractivity contribution in [3.05, 3.63) is 57.9 Å². The molecule has 1 amide bonds. The van der Waals surface area contributed by atoms with Gasteiger partial charge in [-0.15, -0.1) is 0 Å². The average molecular weight is 466 g/mol. The molecule has 2 aromatic rings. The van der Waals surface area contributed by atoms with E-state index in [1.165, 1.54) is 7.11 Å². The summed E-state index contributed by atoms with van der Waals surface area (Å²) in [5, 5.41) is 12.6. The summed E-state index contributed by atoms with van der Waals surface area (Å²) in [6.45, 7) is 6.91. The number of methoxy groups -OCH3 is 1. The number of aromatic nitrogens is 1. The van der Waals surface area contributed by atoms with Crippen LogP contribution >= 0.6 is 0 Å². The number of fused-ring (bicyclic) bond motifs is 1. The second-order valence-corrected chi connectivity index (χ2v) is 9.04. The molecule has 3 heterocycles. The molecule has 1 fully saturated rings. The third kappa shape index (κ3) is 4.29. The maximum atomic E-state index is 13.8. The lowest BCUT2D eigenvalue weighted by molar-refractivity contribution is -0.114. The highest BCUT2D eigenvalue weighted by Crippen LogP contribution is 2.48. The van der Waals surface area contributed by atoms with E-state index >= 15 is 0 Å². The molecule has 0 aliphatic carbocycles. The number of hydrogen-bond donors (Lipinski definition) is 2. The van der Waals surface area contributed by atoms with E-state index in [4.69, 9.17) is 15.2 Å². The van der Waals surface area contributed by atoms with Gasteiger partial charge in [0.25, 0.3) is 0 Å². The number of carbonyl (C=O) groups is 1. The molecule has 9 heteroatoms. The second kappa shape index (κ2) is 8.95. The van der Waals surface area contributed by atoms with Crippen molar-refractivity contribution in [3.63, 3.8) is 0 Å². The van der Waals surface area contributed by atoms with Crippen LogP contribution in [0.25, 0.3) is 0 Å². The fourth-order valence-corrected chi connectivity index (χ4v) is 4.75. The SMILES string of the molecule is COc1cc(C#N)ccc1[C@H]1C(C(N)=O)=C(C)Nc2c(C)cnc(OCCN3CC(C)(F)C3)c21. The van der Waals surface area contributed by atoms with Crippen LogP contribution in [0.15, 0.2) is 35.7 Å². The summed E-state index contributed by atoms with van der Waals surface area (Å²) in [6, 6.07) is 7.18. The first kappa shape index (κ1) is 23.5. The van der Waals surface area contributed by atoms with Crippen LogP contribution in [0.3, 0.4) is 0 Å². The number of pyridine rings is 1. The molecule has 8 nitrogen and oxygen atoms in total. The van der Waals surface area contributed by atoms with E-state index in [2.05, 4.69) is 16.4 Å². The number of primary amides is 1.